The summed E-state index contributed by atoms with van der Waals surface area (Å²) in [5, 5.41) is 20.5. The fourth-order valence-corrected chi connectivity index (χ4v) is 12.3. The van der Waals surface area contributed by atoms with Crippen molar-refractivity contribution < 1.29 is 58.3 Å². The van der Waals surface area contributed by atoms with Crippen molar-refractivity contribution in [2.45, 2.75) is 80.9 Å². The topological polar surface area (TPSA) is 160 Å². The van der Waals surface area contributed by atoms with Gasteiger partial charge in [0.15, 0.2) is 34.6 Å². The maximum atomic E-state index is 15.2. The molecule has 5 heterocycles. The Morgan fingerprint density at radius 2 is 1.09 bits per heavy atom. The summed E-state index contributed by atoms with van der Waals surface area (Å²) in [6, 6.07) is 20.6. The van der Waals surface area contributed by atoms with E-state index in [1.165, 1.54) is 57.0 Å². The minimum Gasteiger partial charge on any atom is -0.382 e. The van der Waals surface area contributed by atoms with Gasteiger partial charge < -0.3 is 21.3 Å². The van der Waals surface area contributed by atoms with Crippen LogP contribution in [0.2, 0.25) is 0 Å². The van der Waals surface area contributed by atoms with Crippen LogP contribution in [0.5, 0.6) is 0 Å². The average molecular weight is 1160 g/mol. The summed E-state index contributed by atoms with van der Waals surface area (Å²) in [5.74, 6) is -4.61. The Kier molecular flexibility index (Phi) is 15.9. The maximum Gasteiger partial charge on any atom is 0.390 e. The zero-order valence-corrected chi connectivity index (χ0v) is 44.6. The number of carbonyl (C=O) groups is 3. The quantitative estimate of drug-likeness (QED) is 0.0539. The van der Waals surface area contributed by atoms with Gasteiger partial charge >= 0.3 is 12.4 Å². The molecule has 11 rings (SSSR count). The van der Waals surface area contributed by atoms with Gasteiger partial charge in [-0.1, -0.05) is 30.3 Å². The van der Waals surface area contributed by atoms with Crippen LogP contribution < -0.4 is 21.3 Å². The van der Waals surface area contributed by atoms with Gasteiger partial charge in [0.1, 0.15) is 9.77 Å². The van der Waals surface area contributed by atoms with Crippen molar-refractivity contribution in [1.29, 1.82) is 0 Å². The van der Waals surface area contributed by atoms with E-state index in [4.69, 9.17) is 5.10 Å². The zero-order valence-electron chi connectivity index (χ0n) is 43.0. The first-order valence-electron chi connectivity index (χ1n) is 25.5. The second kappa shape index (κ2) is 22.7. The molecule has 81 heavy (non-hydrogen) atoms. The number of anilines is 2. The SMILES string of the molecule is Cc1cc(-c2cnc3c(NCCC(F)(F)F)cc(C(=O)c4cccc(F)c4F)nn23)ccc1C(=O)NC1CC1.Cc1cc(-c2cnc3c(NCCC(F)(F)F)cc(C4(c5cccc(F)c5F)SCCS4)nn23)ccc1C(=O)NC1CC1. The van der Waals surface area contributed by atoms with Crippen LogP contribution in [-0.2, 0) is 4.08 Å². The summed E-state index contributed by atoms with van der Waals surface area (Å²) in [5.41, 5.74) is 4.87. The molecule has 0 unspecified atom stereocenters. The third-order valence-electron chi connectivity index (χ3n) is 13.5. The van der Waals surface area contributed by atoms with E-state index in [0.717, 1.165) is 55.5 Å². The molecule has 0 atom stereocenters. The molecule has 1 saturated heterocycles. The summed E-state index contributed by atoms with van der Waals surface area (Å²) >= 11 is 2.79. The van der Waals surface area contributed by atoms with Crippen LogP contribution in [-0.4, -0.2) is 95.8 Å². The van der Waals surface area contributed by atoms with E-state index in [0.29, 0.717) is 56.4 Å². The molecule has 4 N–H and O–H groups in total. The summed E-state index contributed by atoms with van der Waals surface area (Å²) in [6.45, 7) is 2.66. The lowest BCUT2D eigenvalue weighted by molar-refractivity contribution is -0.132. The highest BCUT2D eigenvalue weighted by Crippen LogP contribution is 2.57. The molecule has 8 aromatic rings. The highest BCUT2D eigenvalue weighted by molar-refractivity contribution is 8.20. The molecule has 0 bridgehead atoms. The van der Waals surface area contributed by atoms with Crippen LogP contribution in [0.4, 0.5) is 55.3 Å². The summed E-state index contributed by atoms with van der Waals surface area (Å²) < 4.78 is 137. The van der Waals surface area contributed by atoms with Crippen molar-refractivity contribution in [3.63, 3.8) is 0 Å². The van der Waals surface area contributed by atoms with Crippen molar-refractivity contribution in [2.24, 2.45) is 0 Å². The van der Waals surface area contributed by atoms with E-state index in [1.807, 2.05) is 13.0 Å². The third kappa shape index (κ3) is 12.5. The molecule has 4 aromatic carbocycles. The number of halogens is 10. The standard InChI is InChI=1S/C29H26F5N5OS2.C27H22F5N5O2/c1-16-13-17(5-8-19(16)27(40)37-18-6-7-18)23-15-36-26-22(35-10-9-28(32,33)34)14-24(38-39(23)26)29(41-11-12-42-29)20-3-2-4-21(30)25(20)31;1-14-11-15(5-8-17(14)26(39)35-16-6-7-16)22-13-34-25-21(33-10-9-27(30,31)32)12-20(36-37(22)25)24(38)18-3-2-4-19(28)23(18)29/h2-5,8,13-15,18,35H,6-7,9-12H2,1H3,(H,37,40);2-5,8,11-13,16,33H,6-7,9-10H2,1H3,(H,35,39). The van der Waals surface area contributed by atoms with Crippen LogP contribution in [0.1, 0.15) is 97.7 Å². The molecule has 0 spiro atoms. The fraction of sp³-hybridized carbons (Fsp3) is 0.304. The van der Waals surface area contributed by atoms with Gasteiger partial charge in [0, 0.05) is 64.5 Å². The van der Waals surface area contributed by atoms with E-state index in [-0.39, 0.29) is 57.8 Å². The summed E-state index contributed by atoms with van der Waals surface area (Å²) in [4.78, 5) is 47.1. The minimum absolute atomic E-state index is 0.0535. The monoisotopic (exact) mass is 1160 g/mol. The van der Waals surface area contributed by atoms with Gasteiger partial charge in [-0.05, 0) is 105 Å². The van der Waals surface area contributed by atoms with E-state index in [2.05, 4.69) is 36.3 Å². The van der Waals surface area contributed by atoms with Gasteiger partial charge in [-0.25, -0.2) is 36.6 Å². The minimum atomic E-state index is -4.43. The predicted molar refractivity (Wildman–Crippen MR) is 287 cm³/mol. The molecule has 422 valence electrons. The van der Waals surface area contributed by atoms with Gasteiger partial charge in [-0.2, -0.15) is 36.5 Å². The summed E-state index contributed by atoms with van der Waals surface area (Å²) in [6.07, 6.45) is -4.21. The molecular weight excluding hydrogens is 1110 g/mol. The number of nitrogens with zero attached hydrogens (tertiary/aromatic N) is 6. The van der Waals surface area contributed by atoms with Crippen molar-refractivity contribution in [3.8, 4) is 22.5 Å². The Bertz CT molecular complexity index is 3740. The van der Waals surface area contributed by atoms with Gasteiger partial charge in [0.25, 0.3) is 11.8 Å². The second-order valence-corrected chi connectivity index (χ2v) is 22.5. The number of rotatable bonds is 16. The molecule has 2 aliphatic carbocycles. The highest BCUT2D eigenvalue weighted by atomic mass is 32.2. The van der Waals surface area contributed by atoms with Gasteiger partial charge in [0.2, 0.25) is 5.78 Å². The number of hydrogen-bond donors (Lipinski definition) is 4. The zero-order chi connectivity index (χ0) is 57.5. The van der Waals surface area contributed by atoms with E-state index < -0.39 is 77.0 Å². The van der Waals surface area contributed by atoms with Crippen molar-refractivity contribution in [1.82, 2.24) is 39.8 Å². The molecule has 4 aromatic heterocycles. The normalized spacial score (nSPS) is 15.1. The molecule has 3 fully saturated rings. The Labute approximate surface area is 464 Å². The molecule has 13 nitrogen and oxygen atoms in total. The lowest BCUT2D eigenvalue weighted by atomic mass is 10.0. The highest BCUT2D eigenvalue weighted by Gasteiger charge is 2.44. The van der Waals surface area contributed by atoms with Crippen LogP contribution in [0.25, 0.3) is 33.8 Å². The molecule has 2 amide bonds. The molecule has 0 radical (unpaired) electrons. The molecule has 2 saturated carbocycles. The number of alkyl halides is 6. The maximum absolute atomic E-state index is 15.2. The first-order valence-corrected chi connectivity index (χ1v) is 27.5. The number of imidazole rings is 2. The predicted octanol–water partition coefficient (Wildman–Crippen LogP) is 12.4. The Morgan fingerprint density at radius 1 is 0.605 bits per heavy atom. The van der Waals surface area contributed by atoms with Crippen LogP contribution >= 0.6 is 23.5 Å². The van der Waals surface area contributed by atoms with E-state index in [9.17, 15) is 53.9 Å². The first kappa shape index (κ1) is 56.6. The smallest absolute Gasteiger partial charge is 0.382 e. The van der Waals surface area contributed by atoms with Crippen LogP contribution in [0.15, 0.2) is 97.3 Å². The van der Waals surface area contributed by atoms with Crippen LogP contribution in [0.3, 0.4) is 0 Å². The number of benzene rings is 4. The van der Waals surface area contributed by atoms with Gasteiger partial charge in [-0.15, -0.1) is 23.5 Å². The number of amides is 2. The number of thioether (sulfide) groups is 2. The number of nitrogens with one attached hydrogen (secondary N) is 4. The van der Waals surface area contributed by atoms with Gasteiger partial charge in [0.05, 0.1) is 59.3 Å². The number of hydrogen-bond acceptors (Lipinski definition) is 11. The largest absolute Gasteiger partial charge is 0.390 e. The number of fused-ring (bicyclic) bond motifs is 2. The Morgan fingerprint density at radius 3 is 1.58 bits per heavy atom. The van der Waals surface area contributed by atoms with Gasteiger partial charge in [-0.3, -0.25) is 14.4 Å². The number of aryl methyl sites for hydroxylation is 2. The average Bonchev–Trinajstić information content (AvgIpc) is 3.82. The molecular formula is C56H48F10N10O3S2. The fourth-order valence-electron chi connectivity index (χ4n) is 9.11. The van der Waals surface area contributed by atoms with E-state index >= 15 is 4.39 Å². The van der Waals surface area contributed by atoms with Crippen LogP contribution in [0, 0.1) is 37.1 Å². The van der Waals surface area contributed by atoms with Crippen molar-refractivity contribution in [3.05, 3.63) is 165 Å². The van der Waals surface area contributed by atoms with Crippen molar-refractivity contribution in [2.75, 3.05) is 35.2 Å². The Hall–Kier alpha value is -7.67. The number of carbonyl (C=O) groups excluding carboxylic acids is 3. The molecule has 1 aliphatic heterocycles. The first-order chi connectivity index (χ1) is 38.6. The van der Waals surface area contributed by atoms with Crippen molar-refractivity contribution >= 4 is 63.8 Å². The lowest BCUT2D eigenvalue weighted by Gasteiger charge is -2.28. The number of ketones is 1. The second-order valence-electron chi connectivity index (χ2n) is 19.6. The molecule has 3 aliphatic rings. The lowest BCUT2D eigenvalue weighted by Crippen LogP contribution is -2.26. The number of aromatic nitrogens is 6. The molecule has 25 heteroatoms. The third-order valence-corrected chi connectivity index (χ3v) is 17.0. The summed E-state index contributed by atoms with van der Waals surface area (Å²) in [7, 11) is 0. The van der Waals surface area contributed by atoms with E-state index in [1.54, 1.807) is 49.5 Å². The Balaban J connectivity index is 0.000000182.